The third-order valence-electron chi connectivity index (χ3n) is 6.13. The van der Waals surface area contributed by atoms with Gasteiger partial charge < -0.3 is 14.7 Å². The van der Waals surface area contributed by atoms with Crippen LogP contribution in [0, 0.1) is 5.92 Å². The molecule has 4 atom stereocenters. The summed E-state index contributed by atoms with van der Waals surface area (Å²) in [5, 5.41) is 10.6. The van der Waals surface area contributed by atoms with Crippen molar-refractivity contribution in [2.45, 2.75) is 70.6 Å². The SMILES string of the molecule is CC[C@@H](C(=O)OC(C)(C)C)N1C(=O)[C@H](CC(=O)O)C[C@H](c2cccc(Cl)c2)[C@H]1c1ccc(Cl)cc1. The lowest BCUT2D eigenvalue weighted by molar-refractivity contribution is -0.171. The summed E-state index contributed by atoms with van der Waals surface area (Å²) < 4.78 is 5.68. The number of hydrogen-bond acceptors (Lipinski definition) is 4. The Bertz CT molecular complexity index is 1080. The number of aliphatic carboxylic acids is 1. The van der Waals surface area contributed by atoms with Crippen LogP contribution in [0.15, 0.2) is 48.5 Å². The number of carbonyl (C=O) groups is 3. The number of halogens is 2. The van der Waals surface area contributed by atoms with Gasteiger partial charge in [-0.15, -0.1) is 0 Å². The molecule has 188 valence electrons. The van der Waals surface area contributed by atoms with Gasteiger partial charge in [0, 0.05) is 21.9 Å². The molecule has 3 rings (SSSR count). The first kappa shape index (κ1) is 27.0. The molecule has 0 unspecified atom stereocenters. The number of ether oxygens (including phenoxy) is 1. The van der Waals surface area contributed by atoms with Crippen molar-refractivity contribution in [3.8, 4) is 0 Å². The fourth-order valence-electron chi connectivity index (χ4n) is 4.76. The summed E-state index contributed by atoms with van der Waals surface area (Å²) in [6, 6.07) is 13.1. The molecule has 0 aromatic heterocycles. The molecule has 8 heteroatoms. The Labute approximate surface area is 216 Å². The van der Waals surface area contributed by atoms with Gasteiger partial charge >= 0.3 is 11.9 Å². The average molecular weight is 520 g/mol. The van der Waals surface area contributed by atoms with Crippen molar-refractivity contribution in [1.82, 2.24) is 4.90 Å². The van der Waals surface area contributed by atoms with Crippen LogP contribution in [0.4, 0.5) is 0 Å². The quantitative estimate of drug-likeness (QED) is 0.436. The van der Waals surface area contributed by atoms with Crippen molar-refractivity contribution < 1.29 is 24.2 Å². The maximum atomic E-state index is 13.8. The van der Waals surface area contributed by atoms with Gasteiger partial charge in [0.2, 0.25) is 5.91 Å². The number of rotatable bonds is 7. The van der Waals surface area contributed by atoms with Crippen molar-refractivity contribution in [1.29, 1.82) is 0 Å². The van der Waals surface area contributed by atoms with Crippen LogP contribution < -0.4 is 0 Å². The minimum atomic E-state index is -1.07. The van der Waals surface area contributed by atoms with Crippen LogP contribution in [0.5, 0.6) is 0 Å². The first-order valence-corrected chi connectivity index (χ1v) is 12.4. The van der Waals surface area contributed by atoms with Crippen molar-refractivity contribution in [2.24, 2.45) is 5.92 Å². The van der Waals surface area contributed by atoms with E-state index < -0.39 is 35.5 Å². The number of amides is 1. The Morgan fingerprint density at radius 1 is 1.09 bits per heavy atom. The highest BCUT2D eigenvalue weighted by Gasteiger charge is 2.48. The Hall–Kier alpha value is -2.57. The number of piperidine rings is 1. The fraction of sp³-hybridized carbons (Fsp3) is 0.444. The lowest BCUT2D eigenvalue weighted by Gasteiger charge is -2.47. The number of carbonyl (C=O) groups excluding carboxylic acids is 2. The van der Waals surface area contributed by atoms with E-state index in [-0.39, 0.29) is 18.2 Å². The number of hydrogen-bond donors (Lipinski definition) is 1. The van der Waals surface area contributed by atoms with Crippen molar-refractivity contribution in [3.63, 3.8) is 0 Å². The number of benzene rings is 2. The lowest BCUT2D eigenvalue weighted by atomic mass is 9.74. The van der Waals surface area contributed by atoms with E-state index in [1.807, 2.05) is 37.3 Å². The van der Waals surface area contributed by atoms with Gasteiger partial charge in [-0.2, -0.15) is 0 Å². The topological polar surface area (TPSA) is 83.9 Å². The maximum absolute atomic E-state index is 13.8. The number of likely N-dealkylation sites (tertiary alicyclic amines) is 1. The number of esters is 1. The standard InChI is InChI=1S/C27H31Cl2NO5/c1-5-22(26(34)35-27(2,3)4)30-24(16-9-11-19(28)12-10-16)21(17-7-6-8-20(29)13-17)14-18(25(30)33)15-23(31)32/h6-13,18,21-22,24H,5,14-15H2,1-4H3,(H,31,32)/t18-,21+,22-,24+/m0/s1. The molecule has 35 heavy (non-hydrogen) atoms. The van der Waals surface area contributed by atoms with Crippen LogP contribution in [0.25, 0.3) is 0 Å². The largest absolute Gasteiger partial charge is 0.481 e. The van der Waals surface area contributed by atoms with Gasteiger partial charge in [-0.1, -0.05) is 54.4 Å². The number of nitrogens with zero attached hydrogens (tertiary/aromatic N) is 1. The molecule has 1 heterocycles. The van der Waals surface area contributed by atoms with Crippen LogP contribution in [0.1, 0.15) is 70.0 Å². The second-order valence-corrected chi connectivity index (χ2v) is 10.8. The summed E-state index contributed by atoms with van der Waals surface area (Å²) in [6.07, 6.45) is 0.289. The zero-order chi connectivity index (χ0) is 25.9. The van der Waals surface area contributed by atoms with Gasteiger partial charge in [-0.05, 0) is 69.0 Å². The Balaban J connectivity index is 2.20. The van der Waals surface area contributed by atoms with E-state index in [0.29, 0.717) is 22.9 Å². The van der Waals surface area contributed by atoms with Crippen molar-refractivity contribution in [3.05, 3.63) is 69.7 Å². The van der Waals surface area contributed by atoms with Crippen LogP contribution in [0.2, 0.25) is 10.0 Å². The van der Waals surface area contributed by atoms with E-state index in [0.717, 1.165) is 11.1 Å². The van der Waals surface area contributed by atoms with Crippen molar-refractivity contribution in [2.75, 3.05) is 0 Å². The third-order valence-corrected chi connectivity index (χ3v) is 6.62. The van der Waals surface area contributed by atoms with E-state index >= 15 is 0 Å². The highest BCUT2D eigenvalue weighted by molar-refractivity contribution is 6.30. The van der Waals surface area contributed by atoms with Crippen LogP contribution in [-0.2, 0) is 19.1 Å². The van der Waals surface area contributed by atoms with Gasteiger partial charge in [0.1, 0.15) is 11.6 Å². The van der Waals surface area contributed by atoms with Gasteiger partial charge in [0.15, 0.2) is 0 Å². The van der Waals surface area contributed by atoms with Gasteiger partial charge in [0.05, 0.1) is 12.5 Å². The minimum absolute atomic E-state index is 0.298. The summed E-state index contributed by atoms with van der Waals surface area (Å²) in [5.41, 5.74) is 0.916. The van der Waals surface area contributed by atoms with Crippen LogP contribution in [0.3, 0.4) is 0 Å². The van der Waals surface area contributed by atoms with E-state index in [4.69, 9.17) is 27.9 Å². The number of carboxylic acid groups (broad SMARTS) is 1. The normalized spacial score (nSPS) is 21.5. The highest BCUT2D eigenvalue weighted by Crippen LogP contribution is 2.47. The molecule has 1 amide bonds. The zero-order valence-corrected chi connectivity index (χ0v) is 21.8. The first-order valence-electron chi connectivity index (χ1n) is 11.7. The maximum Gasteiger partial charge on any atom is 0.329 e. The monoisotopic (exact) mass is 519 g/mol. The summed E-state index contributed by atoms with van der Waals surface area (Å²) in [6.45, 7) is 7.13. The van der Waals surface area contributed by atoms with Crippen LogP contribution >= 0.6 is 23.2 Å². The minimum Gasteiger partial charge on any atom is -0.481 e. The molecular formula is C27H31Cl2NO5. The van der Waals surface area contributed by atoms with Crippen molar-refractivity contribution >= 4 is 41.0 Å². The van der Waals surface area contributed by atoms with Gasteiger partial charge in [0.25, 0.3) is 0 Å². The second kappa shape index (κ2) is 11.0. The summed E-state index contributed by atoms with van der Waals surface area (Å²) in [7, 11) is 0. The molecule has 1 aliphatic heterocycles. The Morgan fingerprint density at radius 3 is 2.29 bits per heavy atom. The molecule has 1 saturated heterocycles. The molecule has 0 spiro atoms. The number of carboxylic acids is 1. The van der Waals surface area contributed by atoms with Gasteiger partial charge in [-0.25, -0.2) is 4.79 Å². The summed E-state index contributed by atoms with van der Waals surface area (Å²) in [4.78, 5) is 40.4. The highest BCUT2D eigenvalue weighted by atomic mass is 35.5. The summed E-state index contributed by atoms with van der Waals surface area (Å²) >= 11 is 12.5. The molecule has 0 bridgehead atoms. The molecule has 1 aliphatic rings. The molecule has 2 aromatic rings. The van der Waals surface area contributed by atoms with E-state index in [1.54, 1.807) is 43.9 Å². The predicted molar refractivity (Wildman–Crippen MR) is 136 cm³/mol. The Kier molecular flexibility index (Phi) is 8.50. The molecule has 1 fully saturated rings. The predicted octanol–water partition coefficient (Wildman–Crippen LogP) is 6.26. The zero-order valence-electron chi connectivity index (χ0n) is 20.3. The third kappa shape index (κ3) is 6.56. The van der Waals surface area contributed by atoms with Crippen LogP contribution in [-0.4, -0.2) is 39.5 Å². The molecule has 0 radical (unpaired) electrons. The second-order valence-electron chi connectivity index (χ2n) is 9.89. The summed E-state index contributed by atoms with van der Waals surface area (Å²) in [5.74, 6) is -3.05. The molecule has 0 aliphatic carbocycles. The fourth-order valence-corrected chi connectivity index (χ4v) is 5.09. The van der Waals surface area contributed by atoms with E-state index in [9.17, 15) is 19.5 Å². The molecule has 6 nitrogen and oxygen atoms in total. The smallest absolute Gasteiger partial charge is 0.329 e. The van der Waals surface area contributed by atoms with Gasteiger partial charge in [-0.3, -0.25) is 9.59 Å². The van der Waals surface area contributed by atoms with E-state index in [1.165, 1.54) is 0 Å². The molecule has 2 aromatic carbocycles. The average Bonchev–Trinajstić information content (AvgIpc) is 2.75. The van der Waals surface area contributed by atoms with E-state index in [2.05, 4.69) is 0 Å². The molecule has 0 saturated carbocycles. The first-order chi connectivity index (χ1) is 16.4. The lowest BCUT2D eigenvalue weighted by Crippen LogP contribution is -2.55. The molecular weight excluding hydrogens is 489 g/mol. The molecule has 1 N–H and O–H groups in total. The Morgan fingerprint density at radius 2 is 1.74 bits per heavy atom.